The van der Waals surface area contributed by atoms with E-state index in [0.717, 1.165) is 16.3 Å². The molecule has 0 aliphatic rings. The quantitative estimate of drug-likeness (QED) is 0.687. The number of nitrogens with zero attached hydrogens (tertiary/aromatic N) is 2. The van der Waals surface area contributed by atoms with Crippen LogP contribution in [0.15, 0.2) is 53.9 Å². The zero-order valence-corrected chi connectivity index (χ0v) is 14.7. The molecule has 25 heavy (non-hydrogen) atoms. The van der Waals surface area contributed by atoms with Crippen LogP contribution in [-0.2, 0) is 6.54 Å². The van der Waals surface area contributed by atoms with Gasteiger partial charge in [0.05, 0.1) is 7.11 Å². The Bertz CT molecular complexity index is 877. The summed E-state index contributed by atoms with van der Waals surface area (Å²) < 4.78 is 18.9. The molecule has 0 atom stereocenters. The first-order valence-corrected chi connectivity index (χ1v) is 8.55. The number of thiazole rings is 1. The molecular formula is C19H17FN2O2S. The van der Waals surface area contributed by atoms with Crippen LogP contribution in [0.4, 0.5) is 4.39 Å². The molecule has 0 spiro atoms. The van der Waals surface area contributed by atoms with E-state index >= 15 is 0 Å². The SMILES string of the molecule is COc1ccc(-c2nc(C(=O)N(C)Cc3ccccc3F)cs2)cc1. The summed E-state index contributed by atoms with van der Waals surface area (Å²) in [4.78, 5) is 18.4. The summed E-state index contributed by atoms with van der Waals surface area (Å²) in [7, 11) is 3.25. The smallest absolute Gasteiger partial charge is 0.273 e. The highest BCUT2D eigenvalue weighted by Crippen LogP contribution is 2.26. The third kappa shape index (κ3) is 3.85. The Hall–Kier alpha value is -2.73. The van der Waals surface area contributed by atoms with E-state index in [-0.39, 0.29) is 18.3 Å². The fourth-order valence-electron chi connectivity index (χ4n) is 2.39. The molecule has 0 radical (unpaired) electrons. The van der Waals surface area contributed by atoms with Crippen LogP contribution in [0.2, 0.25) is 0 Å². The van der Waals surface area contributed by atoms with Gasteiger partial charge < -0.3 is 9.64 Å². The van der Waals surface area contributed by atoms with Crippen molar-refractivity contribution < 1.29 is 13.9 Å². The van der Waals surface area contributed by atoms with E-state index in [1.165, 1.54) is 22.3 Å². The van der Waals surface area contributed by atoms with Crippen molar-refractivity contribution in [1.82, 2.24) is 9.88 Å². The molecule has 128 valence electrons. The number of halogens is 1. The van der Waals surface area contributed by atoms with Crippen LogP contribution in [-0.4, -0.2) is 29.9 Å². The van der Waals surface area contributed by atoms with Gasteiger partial charge in [0, 0.05) is 30.1 Å². The fourth-order valence-corrected chi connectivity index (χ4v) is 3.19. The molecule has 6 heteroatoms. The molecule has 4 nitrogen and oxygen atoms in total. The van der Waals surface area contributed by atoms with Gasteiger partial charge in [-0.15, -0.1) is 11.3 Å². The van der Waals surface area contributed by atoms with Gasteiger partial charge in [-0.25, -0.2) is 9.37 Å². The average molecular weight is 356 g/mol. The van der Waals surface area contributed by atoms with Gasteiger partial charge in [-0.1, -0.05) is 18.2 Å². The minimum absolute atomic E-state index is 0.195. The summed E-state index contributed by atoms with van der Waals surface area (Å²) in [5.41, 5.74) is 1.75. The molecule has 0 fully saturated rings. The molecule has 2 aromatic carbocycles. The Morgan fingerprint density at radius 1 is 1.20 bits per heavy atom. The standard InChI is InChI=1S/C19H17FN2O2S/c1-22(11-14-5-3-4-6-16(14)20)19(23)17-12-25-18(21-17)13-7-9-15(24-2)10-8-13/h3-10,12H,11H2,1-2H3. The van der Waals surface area contributed by atoms with E-state index in [0.29, 0.717) is 11.3 Å². The molecule has 0 bridgehead atoms. The van der Waals surface area contributed by atoms with Crippen molar-refractivity contribution in [2.45, 2.75) is 6.54 Å². The molecule has 1 aromatic heterocycles. The monoisotopic (exact) mass is 356 g/mol. The van der Waals surface area contributed by atoms with Gasteiger partial charge in [0.2, 0.25) is 0 Å². The molecule has 0 aliphatic heterocycles. The number of amides is 1. The largest absolute Gasteiger partial charge is 0.497 e. The Kier molecular flexibility index (Phi) is 5.09. The number of ether oxygens (including phenoxy) is 1. The predicted molar refractivity (Wildman–Crippen MR) is 96.3 cm³/mol. The van der Waals surface area contributed by atoms with Crippen LogP contribution in [0.1, 0.15) is 16.1 Å². The molecular weight excluding hydrogens is 339 g/mol. The number of carbonyl (C=O) groups is 1. The van der Waals surface area contributed by atoms with Crippen LogP contribution in [0.3, 0.4) is 0 Å². The van der Waals surface area contributed by atoms with Crippen molar-refractivity contribution in [2.24, 2.45) is 0 Å². The molecule has 0 N–H and O–H groups in total. The fraction of sp³-hybridized carbons (Fsp3) is 0.158. The van der Waals surface area contributed by atoms with Crippen LogP contribution < -0.4 is 4.74 Å². The summed E-state index contributed by atoms with van der Waals surface area (Å²) in [6, 6.07) is 13.9. The zero-order chi connectivity index (χ0) is 17.8. The second-order valence-corrected chi connectivity index (χ2v) is 6.38. The lowest BCUT2D eigenvalue weighted by atomic mass is 10.2. The van der Waals surface area contributed by atoms with E-state index in [1.54, 1.807) is 37.7 Å². The summed E-state index contributed by atoms with van der Waals surface area (Å²) in [5.74, 6) is 0.208. The first-order chi connectivity index (χ1) is 12.1. The molecule has 1 heterocycles. The third-order valence-corrected chi connectivity index (χ3v) is 4.66. The Balaban J connectivity index is 1.74. The topological polar surface area (TPSA) is 42.4 Å². The lowest BCUT2D eigenvalue weighted by Crippen LogP contribution is -2.26. The maximum Gasteiger partial charge on any atom is 0.273 e. The lowest BCUT2D eigenvalue weighted by Gasteiger charge is -2.16. The first kappa shape index (κ1) is 17.1. The highest BCUT2D eigenvalue weighted by Gasteiger charge is 2.17. The van der Waals surface area contributed by atoms with Gasteiger partial charge in [0.1, 0.15) is 22.3 Å². The molecule has 3 rings (SSSR count). The molecule has 0 aliphatic carbocycles. The van der Waals surface area contributed by atoms with E-state index in [9.17, 15) is 9.18 Å². The average Bonchev–Trinajstić information content (AvgIpc) is 3.13. The summed E-state index contributed by atoms with van der Waals surface area (Å²) >= 11 is 1.40. The van der Waals surface area contributed by atoms with Crippen molar-refractivity contribution >= 4 is 17.2 Å². The number of hydrogen-bond acceptors (Lipinski definition) is 4. The summed E-state index contributed by atoms with van der Waals surface area (Å²) in [6.07, 6.45) is 0. The number of hydrogen-bond donors (Lipinski definition) is 0. The molecule has 0 saturated carbocycles. The zero-order valence-electron chi connectivity index (χ0n) is 13.9. The molecule has 0 saturated heterocycles. The Morgan fingerprint density at radius 3 is 2.60 bits per heavy atom. The van der Waals surface area contributed by atoms with Gasteiger partial charge >= 0.3 is 0 Å². The van der Waals surface area contributed by atoms with Crippen LogP contribution >= 0.6 is 11.3 Å². The van der Waals surface area contributed by atoms with E-state index in [2.05, 4.69) is 4.98 Å². The minimum atomic E-state index is -0.320. The van der Waals surface area contributed by atoms with Gasteiger partial charge in [0.15, 0.2) is 0 Å². The highest BCUT2D eigenvalue weighted by atomic mass is 32.1. The van der Waals surface area contributed by atoms with Gasteiger partial charge in [-0.3, -0.25) is 4.79 Å². The van der Waals surface area contributed by atoms with Crippen LogP contribution in [0.5, 0.6) is 5.75 Å². The highest BCUT2D eigenvalue weighted by molar-refractivity contribution is 7.13. The van der Waals surface area contributed by atoms with Crippen LogP contribution in [0.25, 0.3) is 10.6 Å². The lowest BCUT2D eigenvalue weighted by molar-refractivity contribution is 0.0779. The minimum Gasteiger partial charge on any atom is -0.497 e. The van der Waals surface area contributed by atoms with Gasteiger partial charge in [-0.2, -0.15) is 0 Å². The number of benzene rings is 2. The van der Waals surface area contributed by atoms with E-state index in [1.807, 2.05) is 24.3 Å². The molecule has 0 unspecified atom stereocenters. The Labute approximate surface area is 149 Å². The van der Waals surface area contributed by atoms with Crippen molar-refractivity contribution in [3.05, 3.63) is 71.0 Å². The normalized spacial score (nSPS) is 10.5. The van der Waals surface area contributed by atoms with Crippen molar-refractivity contribution in [3.8, 4) is 16.3 Å². The Morgan fingerprint density at radius 2 is 1.92 bits per heavy atom. The second-order valence-electron chi connectivity index (χ2n) is 5.52. The van der Waals surface area contributed by atoms with E-state index in [4.69, 9.17) is 4.74 Å². The predicted octanol–water partition coefficient (Wildman–Crippen LogP) is 4.23. The maximum atomic E-state index is 13.7. The van der Waals surface area contributed by atoms with Gasteiger partial charge in [-0.05, 0) is 30.3 Å². The van der Waals surface area contributed by atoms with Gasteiger partial charge in [0.25, 0.3) is 5.91 Å². The number of rotatable bonds is 5. The maximum absolute atomic E-state index is 13.7. The third-order valence-electron chi connectivity index (χ3n) is 3.77. The van der Waals surface area contributed by atoms with Crippen molar-refractivity contribution in [1.29, 1.82) is 0 Å². The van der Waals surface area contributed by atoms with Crippen molar-refractivity contribution in [2.75, 3.05) is 14.2 Å². The van der Waals surface area contributed by atoms with Crippen molar-refractivity contribution in [3.63, 3.8) is 0 Å². The number of aromatic nitrogens is 1. The summed E-state index contributed by atoms with van der Waals surface area (Å²) in [6.45, 7) is 0.195. The summed E-state index contributed by atoms with van der Waals surface area (Å²) in [5, 5.41) is 2.48. The number of carbonyl (C=O) groups excluding carboxylic acids is 1. The number of methoxy groups -OCH3 is 1. The van der Waals surface area contributed by atoms with Crippen LogP contribution in [0, 0.1) is 5.82 Å². The molecule has 1 amide bonds. The van der Waals surface area contributed by atoms with E-state index < -0.39 is 0 Å². The molecule has 3 aromatic rings. The first-order valence-electron chi connectivity index (χ1n) is 7.67. The second kappa shape index (κ2) is 7.44.